The minimum Gasteiger partial charge on any atom is -0.495 e. The molecule has 1 N–H and O–H groups in total. The lowest BCUT2D eigenvalue weighted by molar-refractivity contribution is 0.414. The minimum atomic E-state index is -0.194. The number of halogens is 2. The molecule has 2 rings (SSSR count). The van der Waals surface area contributed by atoms with Gasteiger partial charge in [-0.1, -0.05) is 35.9 Å². The van der Waals surface area contributed by atoms with Crippen molar-refractivity contribution < 1.29 is 9.13 Å². The van der Waals surface area contributed by atoms with Crippen molar-refractivity contribution in [2.45, 2.75) is 19.5 Å². The Labute approximate surface area is 123 Å². The van der Waals surface area contributed by atoms with E-state index in [1.54, 1.807) is 19.2 Å². The highest BCUT2D eigenvalue weighted by atomic mass is 35.5. The number of hydrogen-bond donors (Lipinski definition) is 1. The highest BCUT2D eigenvalue weighted by Gasteiger charge is 2.10. The summed E-state index contributed by atoms with van der Waals surface area (Å²) < 4.78 is 18.8. The number of hydrogen-bond acceptors (Lipinski definition) is 2. The fraction of sp³-hybridized carbons (Fsp3) is 0.250. The van der Waals surface area contributed by atoms with Crippen LogP contribution in [0.15, 0.2) is 42.5 Å². The summed E-state index contributed by atoms with van der Waals surface area (Å²) in [5, 5.41) is 3.86. The predicted octanol–water partition coefficient (Wildman–Crippen LogP) is 4.34. The molecule has 0 spiro atoms. The maximum Gasteiger partial charge on any atom is 0.137 e. The molecule has 1 atom stereocenters. The summed E-state index contributed by atoms with van der Waals surface area (Å²) in [4.78, 5) is 0. The number of rotatable bonds is 5. The molecule has 0 saturated carbocycles. The molecule has 0 amide bonds. The molecule has 0 aliphatic rings. The Hall–Kier alpha value is -1.58. The second kappa shape index (κ2) is 6.73. The molecule has 0 fully saturated rings. The van der Waals surface area contributed by atoms with Crippen LogP contribution < -0.4 is 10.1 Å². The van der Waals surface area contributed by atoms with Crippen molar-refractivity contribution in [2.75, 3.05) is 7.11 Å². The largest absolute Gasteiger partial charge is 0.495 e. The number of ether oxygens (including phenoxy) is 1. The van der Waals surface area contributed by atoms with Crippen molar-refractivity contribution in [3.8, 4) is 5.75 Å². The van der Waals surface area contributed by atoms with Crippen LogP contribution in [0.4, 0.5) is 4.39 Å². The molecule has 106 valence electrons. The van der Waals surface area contributed by atoms with Crippen LogP contribution in [0.3, 0.4) is 0 Å². The maximum atomic E-state index is 13.7. The average Bonchev–Trinajstić information content (AvgIpc) is 2.45. The van der Waals surface area contributed by atoms with Gasteiger partial charge in [0.05, 0.1) is 12.1 Å². The van der Waals surface area contributed by atoms with Gasteiger partial charge in [-0.15, -0.1) is 0 Å². The number of benzene rings is 2. The first-order valence-corrected chi connectivity index (χ1v) is 6.80. The maximum absolute atomic E-state index is 13.7. The zero-order valence-electron chi connectivity index (χ0n) is 11.5. The van der Waals surface area contributed by atoms with Crippen molar-refractivity contribution in [3.05, 3.63) is 64.4 Å². The minimum absolute atomic E-state index is 0.0722. The first kappa shape index (κ1) is 14.8. The fourth-order valence-corrected chi connectivity index (χ4v) is 2.31. The predicted molar refractivity (Wildman–Crippen MR) is 79.7 cm³/mol. The van der Waals surface area contributed by atoms with Crippen LogP contribution in [0.1, 0.15) is 24.1 Å². The summed E-state index contributed by atoms with van der Waals surface area (Å²) in [5.41, 5.74) is 1.69. The summed E-state index contributed by atoms with van der Waals surface area (Å²) in [6.45, 7) is 2.54. The number of methoxy groups -OCH3 is 1. The first-order chi connectivity index (χ1) is 9.61. The zero-order chi connectivity index (χ0) is 14.5. The lowest BCUT2D eigenvalue weighted by Crippen LogP contribution is -2.19. The monoisotopic (exact) mass is 293 g/mol. The topological polar surface area (TPSA) is 21.3 Å². The molecule has 4 heteroatoms. The van der Waals surface area contributed by atoms with Gasteiger partial charge >= 0.3 is 0 Å². The van der Waals surface area contributed by atoms with E-state index in [4.69, 9.17) is 16.3 Å². The SMILES string of the molecule is COc1ccc(CN[C@H](C)c2ccccc2F)cc1Cl. The van der Waals surface area contributed by atoms with Crippen molar-refractivity contribution in [1.82, 2.24) is 5.32 Å². The molecule has 0 aliphatic carbocycles. The van der Waals surface area contributed by atoms with E-state index < -0.39 is 0 Å². The third-order valence-electron chi connectivity index (χ3n) is 3.20. The van der Waals surface area contributed by atoms with Gasteiger partial charge in [0.2, 0.25) is 0 Å². The molecule has 20 heavy (non-hydrogen) atoms. The normalized spacial score (nSPS) is 12.2. The molecular formula is C16H17ClFNO. The fourth-order valence-electron chi connectivity index (χ4n) is 2.03. The summed E-state index contributed by atoms with van der Waals surface area (Å²) in [6, 6.07) is 12.3. The average molecular weight is 294 g/mol. The first-order valence-electron chi connectivity index (χ1n) is 6.42. The van der Waals surface area contributed by atoms with E-state index in [9.17, 15) is 4.39 Å². The van der Waals surface area contributed by atoms with Gasteiger partial charge < -0.3 is 10.1 Å². The summed E-state index contributed by atoms with van der Waals surface area (Å²) in [6.07, 6.45) is 0. The molecule has 0 aromatic heterocycles. The highest BCUT2D eigenvalue weighted by Crippen LogP contribution is 2.25. The summed E-state index contributed by atoms with van der Waals surface area (Å²) in [7, 11) is 1.58. The van der Waals surface area contributed by atoms with E-state index >= 15 is 0 Å². The lowest BCUT2D eigenvalue weighted by Gasteiger charge is -2.15. The van der Waals surface area contributed by atoms with Crippen LogP contribution in [-0.2, 0) is 6.54 Å². The second-order valence-electron chi connectivity index (χ2n) is 4.59. The molecule has 0 unspecified atom stereocenters. The zero-order valence-corrected chi connectivity index (χ0v) is 12.2. The van der Waals surface area contributed by atoms with Gasteiger partial charge in [-0.25, -0.2) is 4.39 Å². The van der Waals surface area contributed by atoms with Crippen molar-refractivity contribution in [3.63, 3.8) is 0 Å². The van der Waals surface area contributed by atoms with E-state index in [0.29, 0.717) is 22.9 Å². The van der Waals surface area contributed by atoms with Crippen molar-refractivity contribution in [2.24, 2.45) is 0 Å². The van der Waals surface area contributed by atoms with Crippen LogP contribution in [0.5, 0.6) is 5.75 Å². The molecule has 0 aliphatic heterocycles. The third kappa shape index (κ3) is 3.50. The van der Waals surface area contributed by atoms with Gasteiger partial charge in [0, 0.05) is 18.2 Å². The molecule has 2 aromatic rings. The smallest absolute Gasteiger partial charge is 0.137 e. The molecular weight excluding hydrogens is 277 g/mol. The van der Waals surface area contributed by atoms with E-state index in [1.165, 1.54) is 6.07 Å². The molecule has 2 nitrogen and oxygen atoms in total. The molecule has 0 saturated heterocycles. The quantitative estimate of drug-likeness (QED) is 0.885. The van der Waals surface area contributed by atoms with Crippen molar-refractivity contribution >= 4 is 11.6 Å². The van der Waals surface area contributed by atoms with Crippen LogP contribution in [0, 0.1) is 5.82 Å². The Morgan fingerprint density at radius 1 is 1.25 bits per heavy atom. The van der Waals surface area contributed by atoms with Crippen LogP contribution in [0.25, 0.3) is 0 Å². The van der Waals surface area contributed by atoms with Gasteiger partial charge in [-0.05, 0) is 30.7 Å². The second-order valence-corrected chi connectivity index (χ2v) is 5.00. The van der Waals surface area contributed by atoms with E-state index in [1.807, 2.05) is 31.2 Å². The third-order valence-corrected chi connectivity index (χ3v) is 3.50. The molecule has 2 aromatic carbocycles. The Balaban J connectivity index is 2.02. The molecule has 0 radical (unpaired) electrons. The Bertz CT molecular complexity index is 588. The van der Waals surface area contributed by atoms with Crippen LogP contribution >= 0.6 is 11.6 Å². The standard InChI is InChI=1S/C16H17ClFNO/c1-11(13-5-3-4-6-15(13)18)19-10-12-7-8-16(20-2)14(17)9-12/h3-9,11,19H,10H2,1-2H3/t11-/m1/s1. The van der Waals surface area contributed by atoms with Gasteiger partial charge in [0.25, 0.3) is 0 Å². The Morgan fingerprint density at radius 2 is 2.00 bits per heavy atom. The van der Waals surface area contributed by atoms with E-state index in [-0.39, 0.29) is 11.9 Å². The molecule has 0 heterocycles. The van der Waals surface area contributed by atoms with Gasteiger partial charge in [-0.3, -0.25) is 0 Å². The van der Waals surface area contributed by atoms with Gasteiger partial charge in [-0.2, -0.15) is 0 Å². The van der Waals surface area contributed by atoms with E-state index in [2.05, 4.69) is 5.32 Å². The van der Waals surface area contributed by atoms with E-state index in [0.717, 1.165) is 5.56 Å². The molecule has 0 bridgehead atoms. The van der Waals surface area contributed by atoms with Crippen molar-refractivity contribution in [1.29, 1.82) is 0 Å². The lowest BCUT2D eigenvalue weighted by atomic mass is 10.1. The summed E-state index contributed by atoms with van der Waals surface area (Å²) >= 11 is 6.07. The van der Waals surface area contributed by atoms with Crippen LogP contribution in [-0.4, -0.2) is 7.11 Å². The summed E-state index contributed by atoms with van der Waals surface area (Å²) in [5.74, 6) is 0.456. The highest BCUT2D eigenvalue weighted by molar-refractivity contribution is 6.32. The Kier molecular flexibility index (Phi) is 4.99. The van der Waals surface area contributed by atoms with Crippen LogP contribution in [0.2, 0.25) is 5.02 Å². The van der Waals surface area contributed by atoms with Gasteiger partial charge in [0.1, 0.15) is 11.6 Å². The van der Waals surface area contributed by atoms with Gasteiger partial charge in [0.15, 0.2) is 0 Å². The Morgan fingerprint density at radius 3 is 2.65 bits per heavy atom. The number of nitrogens with one attached hydrogen (secondary N) is 1.